The summed E-state index contributed by atoms with van der Waals surface area (Å²) in [6, 6.07) is 10.3. The smallest absolute Gasteiger partial charge is 0.262 e. The Balaban J connectivity index is 1.70. The summed E-state index contributed by atoms with van der Waals surface area (Å²) in [6.45, 7) is 2.85. The van der Waals surface area contributed by atoms with Gasteiger partial charge >= 0.3 is 0 Å². The fraction of sp³-hybridized carbons (Fsp3) is 0.273. The summed E-state index contributed by atoms with van der Waals surface area (Å²) in [6.07, 6.45) is 8.07. The van der Waals surface area contributed by atoms with E-state index in [9.17, 15) is 4.79 Å². The van der Waals surface area contributed by atoms with Gasteiger partial charge in [0.1, 0.15) is 5.65 Å². The SMILES string of the molecule is CCCc1cnn2c3c(cnc4c3cnn4CCc3ccccc3)c(=O)n(C)c12. The molecule has 4 aromatic heterocycles. The molecule has 0 unspecified atom stereocenters. The zero-order valence-electron chi connectivity index (χ0n) is 16.5. The maximum absolute atomic E-state index is 13.0. The maximum Gasteiger partial charge on any atom is 0.262 e. The normalized spacial score (nSPS) is 11.8. The second kappa shape index (κ2) is 6.84. The summed E-state index contributed by atoms with van der Waals surface area (Å²) in [5.74, 6) is 0. The lowest BCUT2D eigenvalue weighted by atomic mass is 10.1. The molecule has 0 saturated heterocycles. The topological polar surface area (TPSA) is 70.0 Å². The van der Waals surface area contributed by atoms with Crippen LogP contribution in [0.4, 0.5) is 0 Å². The van der Waals surface area contributed by atoms with Crippen molar-refractivity contribution in [1.82, 2.24) is 28.9 Å². The van der Waals surface area contributed by atoms with Gasteiger partial charge in [-0.3, -0.25) is 9.36 Å². The van der Waals surface area contributed by atoms with Crippen molar-refractivity contribution in [1.29, 1.82) is 0 Å². The fourth-order valence-corrected chi connectivity index (χ4v) is 4.06. The standard InChI is InChI=1S/C22H22N6O/c1-3-7-16-12-25-28-19-17-14-24-27(11-10-15-8-5-4-6-9-15)20(17)23-13-18(19)22(29)26(2)21(16)28/h4-6,8-9,12-14H,3,7,10-11H2,1-2H3. The van der Waals surface area contributed by atoms with Gasteiger partial charge in [0.15, 0.2) is 5.65 Å². The zero-order valence-corrected chi connectivity index (χ0v) is 16.5. The number of nitrogens with zero attached hydrogens (tertiary/aromatic N) is 6. The molecule has 5 rings (SSSR count). The van der Waals surface area contributed by atoms with Gasteiger partial charge in [0.05, 0.1) is 28.7 Å². The van der Waals surface area contributed by atoms with Crippen LogP contribution in [0.5, 0.6) is 0 Å². The molecular weight excluding hydrogens is 364 g/mol. The molecular formula is C22H22N6O. The minimum absolute atomic E-state index is 0.0585. The quantitative estimate of drug-likeness (QED) is 0.465. The van der Waals surface area contributed by atoms with Crippen molar-refractivity contribution in [2.75, 3.05) is 0 Å². The van der Waals surface area contributed by atoms with Crippen LogP contribution < -0.4 is 5.56 Å². The zero-order chi connectivity index (χ0) is 20.0. The molecule has 29 heavy (non-hydrogen) atoms. The third-order valence-corrected chi connectivity index (χ3v) is 5.49. The number of hydrogen-bond donors (Lipinski definition) is 0. The van der Waals surface area contributed by atoms with Crippen LogP contribution in [-0.4, -0.2) is 28.9 Å². The molecule has 5 aromatic rings. The highest BCUT2D eigenvalue weighted by Gasteiger charge is 2.18. The molecule has 0 saturated carbocycles. The molecule has 0 bridgehead atoms. The minimum Gasteiger partial charge on any atom is -0.295 e. The lowest BCUT2D eigenvalue weighted by molar-refractivity contribution is 0.630. The number of fused-ring (bicyclic) bond motifs is 5. The molecule has 7 nitrogen and oxygen atoms in total. The van der Waals surface area contributed by atoms with Crippen LogP contribution in [0.3, 0.4) is 0 Å². The van der Waals surface area contributed by atoms with Crippen LogP contribution in [0.1, 0.15) is 24.5 Å². The number of rotatable bonds is 5. The van der Waals surface area contributed by atoms with Gasteiger partial charge in [0, 0.05) is 25.4 Å². The Morgan fingerprint density at radius 2 is 1.79 bits per heavy atom. The van der Waals surface area contributed by atoms with Gasteiger partial charge in [0.25, 0.3) is 5.56 Å². The van der Waals surface area contributed by atoms with Crippen molar-refractivity contribution in [2.24, 2.45) is 7.05 Å². The first-order valence-corrected chi connectivity index (χ1v) is 9.92. The number of benzene rings is 1. The van der Waals surface area contributed by atoms with Crippen LogP contribution in [0.15, 0.2) is 53.7 Å². The monoisotopic (exact) mass is 386 g/mol. The highest BCUT2D eigenvalue weighted by molar-refractivity contribution is 6.02. The Morgan fingerprint density at radius 1 is 0.966 bits per heavy atom. The average molecular weight is 386 g/mol. The van der Waals surface area contributed by atoms with E-state index in [2.05, 4.69) is 34.2 Å². The van der Waals surface area contributed by atoms with Gasteiger partial charge in [-0.05, 0) is 18.4 Å². The number of aryl methyl sites for hydroxylation is 4. The average Bonchev–Trinajstić information content (AvgIpc) is 3.35. The third kappa shape index (κ3) is 2.73. The van der Waals surface area contributed by atoms with E-state index >= 15 is 0 Å². The molecule has 0 N–H and O–H groups in total. The Kier molecular flexibility index (Phi) is 4.16. The molecule has 0 spiro atoms. The first-order chi connectivity index (χ1) is 14.2. The van der Waals surface area contributed by atoms with E-state index in [0.717, 1.165) is 53.6 Å². The molecule has 0 radical (unpaired) electrons. The van der Waals surface area contributed by atoms with Crippen molar-refractivity contribution >= 4 is 27.6 Å². The molecule has 146 valence electrons. The molecule has 0 amide bonds. The van der Waals surface area contributed by atoms with E-state index < -0.39 is 0 Å². The van der Waals surface area contributed by atoms with Crippen molar-refractivity contribution in [3.8, 4) is 0 Å². The van der Waals surface area contributed by atoms with Crippen LogP contribution >= 0.6 is 0 Å². The van der Waals surface area contributed by atoms with E-state index in [4.69, 9.17) is 0 Å². The Morgan fingerprint density at radius 3 is 2.59 bits per heavy atom. The summed E-state index contributed by atoms with van der Waals surface area (Å²) >= 11 is 0. The largest absolute Gasteiger partial charge is 0.295 e. The summed E-state index contributed by atoms with van der Waals surface area (Å²) in [7, 11) is 1.80. The summed E-state index contributed by atoms with van der Waals surface area (Å²) in [4.78, 5) is 17.6. The summed E-state index contributed by atoms with van der Waals surface area (Å²) < 4.78 is 5.45. The number of aromatic nitrogens is 6. The van der Waals surface area contributed by atoms with Crippen LogP contribution in [0, 0.1) is 0 Å². The van der Waals surface area contributed by atoms with E-state index in [1.54, 1.807) is 24.0 Å². The van der Waals surface area contributed by atoms with E-state index in [0.29, 0.717) is 5.39 Å². The third-order valence-electron chi connectivity index (χ3n) is 5.49. The Hall–Kier alpha value is -3.48. The molecule has 1 aromatic carbocycles. The highest BCUT2D eigenvalue weighted by Crippen LogP contribution is 2.24. The second-order valence-corrected chi connectivity index (χ2v) is 7.38. The second-order valence-electron chi connectivity index (χ2n) is 7.38. The van der Waals surface area contributed by atoms with Crippen LogP contribution in [-0.2, 0) is 26.4 Å². The fourth-order valence-electron chi connectivity index (χ4n) is 4.06. The predicted octanol–water partition coefficient (Wildman–Crippen LogP) is 3.13. The Labute approximate surface area is 167 Å². The first-order valence-electron chi connectivity index (χ1n) is 9.92. The van der Waals surface area contributed by atoms with Gasteiger partial charge in [-0.1, -0.05) is 43.7 Å². The van der Waals surface area contributed by atoms with Gasteiger partial charge in [-0.2, -0.15) is 10.2 Å². The molecule has 0 aliphatic rings. The number of pyridine rings is 1. The summed E-state index contributed by atoms with van der Waals surface area (Å²) in [5.41, 5.74) is 4.67. The van der Waals surface area contributed by atoms with E-state index in [1.165, 1.54) is 5.56 Å². The number of hydrogen-bond acceptors (Lipinski definition) is 4. The molecule has 0 aliphatic carbocycles. The highest BCUT2D eigenvalue weighted by atomic mass is 16.1. The lowest BCUT2D eigenvalue weighted by Gasteiger charge is -2.09. The molecule has 0 atom stereocenters. The maximum atomic E-state index is 13.0. The molecule has 0 aliphatic heterocycles. The van der Waals surface area contributed by atoms with Crippen LogP contribution in [0.2, 0.25) is 0 Å². The van der Waals surface area contributed by atoms with Crippen molar-refractivity contribution in [2.45, 2.75) is 32.7 Å². The predicted molar refractivity (Wildman–Crippen MR) is 113 cm³/mol. The molecule has 0 fully saturated rings. The first kappa shape index (κ1) is 17.6. The van der Waals surface area contributed by atoms with E-state index in [-0.39, 0.29) is 5.56 Å². The van der Waals surface area contributed by atoms with Gasteiger partial charge in [-0.25, -0.2) is 14.2 Å². The molecule has 7 heteroatoms. The minimum atomic E-state index is -0.0585. The van der Waals surface area contributed by atoms with Gasteiger partial charge in [-0.15, -0.1) is 0 Å². The van der Waals surface area contributed by atoms with Crippen molar-refractivity contribution < 1.29 is 0 Å². The van der Waals surface area contributed by atoms with Gasteiger partial charge < -0.3 is 0 Å². The van der Waals surface area contributed by atoms with Crippen LogP contribution in [0.25, 0.3) is 27.6 Å². The van der Waals surface area contributed by atoms with Crippen molar-refractivity contribution in [3.63, 3.8) is 0 Å². The Bertz CT molecular complexity index is 1390. The van der Waals surface area contributed by atoms with E-state index in [1.807, 2.05) is 33.6 Å². The van der Waals surface area contributed by atoms with Crippen molar-refractivity contribution in [3.05, 3.63) is 70.4 Å². The lowest BCUT2D eigenvalue weighted by Crippen LogP contribution is -2.21. The molecule has 4 heterocycles. The summed E-state index contributed by atoms with van der Waals surface area (Å²) in [5, 5.41) is 10.6. The van der Waals surface area contributed by atoms with Gasteiger partial charge in [0.2, 0.25) is 0 Å².